The maximum absolute atomic E-state index is 10.7. The average molecular weight is 220 g/mol. The number of nitrogens with zero attached hydrogens (tertiary/aromatic N) is 2. The Hall–Kier alpha value is -0.810. The fraction of sp³-hybridized carbons (Fsp3) is 0.429. The highest BCUT2D eigenvalue weighted by Gasteiger charge is 2.10. The minimum atomic E-state index is -0.367. The van der Waals surface area contributed by atoms with Crippen LogP contribution in [0.2, 0.25) is 5.15 Å². The molecule has 0 saturated heterocycles. The Morgan fingerprint density at radius 1 is 1.85 bits per heavy atom. The molecule has 72 valence electrons. The number of aromatic nitrogens is 1. The van der Waals surface area contributed by atoms with Crippen LogP contribution in [0.5, 0.6) is 0 Å². The van der Waals surface area contributed by atoms with Gasteiger partial charge in [0.05, 0.1) is 6.54 Å². The van der Waals surface area contributed by atoms with E-state index in [0.29, 0.717) is 11.7 Å². The van der Waals surface area contributed by atoms with Gasteiger partial charge in [0.2, 0.25) is 5.91 Å². The van der Waals surface area contributed by atoms with E-state index in [1.54, 1.807) is 10.3 Å². The summed E-state index contributed by atoms with van der Waals surface area (Å²) in [6.07, 6.45) is 0. The van der Waals surface area contributed by atoms with Crippen molar-refractivity contribution in [1.29, 1.82) is 0 Å². The Labute approximate surface area is 85.3 Å². The van der Waals surface area contributed by atoms with Crippen molar-refractivity contribution < 1.29 is 4.79 Å². The van der Waals surface area contributed by atoms with Crippen LogP contribution in [-0.4, -0.2) is 24.0 Å². The number of carbonyl (C=O) groups is 1. The summed E-state index contributed by atoms with van der Waals surface area (Å²) in [6, 6.07) is 0. The van der Waals surface area contributed by atoms with Crippen LogP contribution < -0.4 is 10.6 Å². The molecule has 6 heteroatoms. The Morgan fingerprint density at radius 3 is 2.92 bits per heavy atom. The molecule has 0 radical (unpaired) electrons. The first-order valence-corrected chi connectivity index (χ1v) is 5.03. The van der Waals surface area contributed by atoms with Gasteiger partial charge in [0.15, 0.2) is 5.13 Å². The lowest BCUT2D eigenvalue weighted by molar-refractivity contribution is -0.116. The van der Waals surface area contributed by atoms with E-state index in [-0.39, 0.29) is 12.5 Å². The third kappa shape index (κ3) is 2.86. The molecule has 1 heterocycles. The predicted octanol–water partition coefficient (Wildman–Crippen LogP) is 1.11. The van der Waals surface area contributed by atoms with Gasteiger partial charge in [0.1, 0.15) is 5.15 Å². The van der Waals surface area contributed by atoms with Gasteiger partial charge in [-0.3, -0.25) is 4.79 Å². The molecule has 0 spiro atoms. The third-order valence-electron chi connectivity index (χ3n) is 1.46. The van der Waals surface area contributed by atoms with Gasteiger partial charge in [-0.1, -0.05) is 11.6 Å². The number of carbonyl (C=O) groups excluding carboxylic acids is 1. The fourth-order valence-electron chi connectivity index (χ4n) is 0.893. The Balaban J connectivity index is 2.72. The van der Waals surface area contributed by atoms with Crippen molar-refractivity contribution in [3.05, 3.63) is 10.5 Å². The Morgan fingerprint density at radius 2 is 2.54 bits per heavy atom. The number of hydrogen-bond donors (Lipinski definition) is 1. The highest BCUT2D eigenvalue weighted by atomic mass is 35.5. The summed E-state index contributed by atoms with van der Waals surface area (Å²) in [4.78, 5) is 16.5. The number of halogens is 1. The van der Waals surface area contributed by atoms with Crippen LogP contribution in [0.4, 0.5) is 5.13 Å². The van der Waals surface area contributed by atoms with E-state index in [2.05, 4.69) is 4.98 Å². The van der Waals surface area contributed by atoms with E-state index in [1.165, 1.54) is 11.3 Å². The standard InChI is InChI=1S/C7H10ClN3OS/c1-2-11(3-6(9)12)7-10-5(8)4-13-7/h4H,2-3H2,1H3,(H2,9,12). The zero-order valence-corrected chi connectivity index (χ0v) is 8.73. The first-order chi connectivity index (χ1) is 6.13. The van der Waals surface area contributed by atoms with E-state index in [4.69, 9.17) is 17.3 Å². The number of rotatable bonds is 4. The number of likely N-dealkylation sites (N-methyl/N-ethyl adjacent to an activating group) is 1. The smallest absolute Gasteiger partial charge is 0.237 e. The van der Waals surface area contributed by atoms with Gasteiger partial charge < -0.3 is 10.6 Å². The molecule has 0 fully saturated rings. The van der Waals surface area contributed by atoms with E-state index in [0.717, 1.165) is 5.13 Å². The second kappa shape index (κ2) is 4.43. The van der Waals surface area contributed by atoms with E-state index in [9.17, 15) is 4.79 Å². The van der Waals surface area contributed by atoms with Gasteiger partial charge in [-0.2, -0.15) is 0 Å². The van der Waals surface area contributed by atoms with E-state index < -0.39 is 0 Å². The Kier molecular flexibility index (Phi) is 3.50. The number of amides is 1. The van der Waals surface area contributed by atoms with Crippen LogP contribution in [0.25, 0.3) is 0 Å². The highest BCUT2D eigenvalue weighted by molar-refractivity contribution is 7.14. The topological polar surface area (TPSA) is 59.2 Å². The van der Waals surface area contributed by atoms with Crippen LogP contribution in [0.15, 0.2) is 5.38 Å². The van der Waals surface area contributed by atoms with Crippen LogP contribution in [0.3, 0.4) is 0 Å². The summed E-state index contributed by atoms with van der Waals surface area (Å²) in [5.74, 6) is -0.367. The number of thiazole rings is 1. The number of anilines is 1. The third-order valence-corrected chi connectivity index (χ3v) is 2.69. The SMILES string of the molecule is CCN(CC(N)=O)c1nc(Cl)cs1. The second-order valence-electron chi connectivity index (χ2n) is 2.43. The van der Waals surface area contributed by atoms with E-state index >= 15 is 0 Å². The molecule has 0 aliphatic rings. The van der Waals surface area contributed by atoms with Crippen molar-refractivity contribution in [1.82, 2.24) is 4.98 Å². The summed E-state index contributed by atoms with van der Waals surface area (Å²) in [5.41, 5.74) is 5.08. The first-order valence-electron chi connectivity index (χ1n) is 3.77. The minimum absolute atomic E-state index is 0.181. The predicted molar refractivity (Wildman–Crippen MR) is 54.2 cm³/mol. The van der Waals surface area contributed by atoms with Crippen LogP contribution in [0.1, 0.15) is 6.92 Å². The van der Waals surface area contributed by atoms with Crippen molar-refractivity contribution in [2.45, 2.75) is 6.92 Å². The summed E-state index contributed by atoms with van der Waals surface area (Å²) < 4.78 is 0. The van der Waals surface area contributed by atoms with E-state index in [1.807, 2.05) is 6.92 Å². The normalized spacial score (nSPS) is 10.0. The van der Waals surface area contributed by atoms with Crippen molar-refractivity contribution >= 4 is 34.0 Å². The van der Waals surface area contributed by atoms with Gasteiger partial charge in [0.25, 0.3) is 0 Å². The maximum atomic E-state index is 10.7. The maximum Gasteiger partial charge on any atom is 0.237 e. The molecule has 0 aliphatic heterocycles. The average Bonchev–Trinajstić information content (AvgIpc) is 2.47. The molecule has 0 saturated carbocycles. The summed E-state index contributed by atoms with van der Waals surface area (Å²) in [5, 5.41) is 2.90. The number of primary amides is 1. The quantitative estimate of drug-likeness (QED) is 0.825. The molecule has 2 N–H and O–H groups in total. The first kappa shape index (κ1) is 10.3. The number of nitrogens with two attached hydrogens (primary N) is 1. The van der Waals surface area contributed by atoms with Crippen molar-refractivity contribution in [2.75, 3.05) is 18.0 Å². The number of hydrogen-bond acceptors (Lipinski definition) is 4. The van der Waals surface area contributed by atoms with Crippen LogP contribution >= 0.6 is 22.9 Å². The molecule has 0 aromatic carbocycles. The lowest BCUT2D eigenvalue weighted by Crippen LogP contribution is -2.33. The van der Waals surface area contributed by atoms with Gasteiger partial charge in [0, 0.05) is 11.9 Å². The molecule has 0 aliphatic carbocycles. The fourth-order valence-corrected chi connectivity index (χ4v) is 1.91. The van der Waals surface area contributed by atoms with Crippen LogP contribution in [-0.2, 0) is 4.79 Å². The molecule has 13 heavy (non-hydrogen) atoms. The molecular weight excluding hydrogens is 210 g/mol. The second-order valence-corrected chi connectivity index (χ2v) is 3.66. The molecule has 1 rings (SSSR count). The van der Waals surface area contributed by atoms with Crippen LogP contribution in [0, 0.1) is 0 Å². The monoisotopic (exact) mass is 219 g/mol. The lowest BCUT2D eigenvalue weighted by atomic mass is 10.5. The van der Waals surface area contributed by atoms with Gasteiger partial charge in [-0.05, 0) is 6.92 Å². The molecule has 1 aromatic heterocycles. The van der Waals surface area contributed by atoms with Gasteiger partial charge >= 0.3 is 0 Å². The summed E-state index contributed by atoms with van der Waals surface area (Å²) in [6.45, 7) is 2.80. The largest absolute Gasteiger partial charge is 0.368 e. The molecule has 1 amide bonds. The van der Waals surface area contributed by atoms with Gasteiger partial charge in [-0.25, -0.2) is 4.98 Å². The van der Waals surface area contributed by atoms with Crippen molar-refractivity contribution in [2.24, 2.45) is 5.73 Å². The zero-order chi connectivity index (χ0) is 9.84. The molecule has 1 aromatic rings. The molecule has 4 nitrogen and oxygen atoms in total. The summed E-state index contributed by atoms with van der Waals surface area (Å²) in [7, 11) is 0. The minimum Gasteiger partial charge on any atom is -0.368 e. The van der Waals surface area contributed by atoms with Crippen molar-refractivity contribution in [3.63, 3.8) is 0 Å². The Bertz CT molecular complexity index is 302. The highest BCUT2D eigenvalue weighted by Crippen LogP contribution is 2.22. The lowest BCUT2D eigenvalue weighted by Gasteiger charge is -2.16. The molecular formula is C7H10ClN3OS. The van der Waals surface area contributed by atoms with Gasteiger partial charge in [-0.15, -0.1) is 11.3 Å². The summed E-state index contributed by atoms with van der Waals surface area (Å²) >= 11 is 7.05. The molecule has 0 unspecified atom stereocenters. The molecule has 0 bridgehead atoms. The van der Waals surface area contributed by atoms with Crippen molar-refractivity contribution in [3.8, 4) is 0 Å². The zero-order valence-electron chi connectivity index (χ0n) is 7.16. The molecule has 0 atom stereocenters.